The largest absolute Gasteiger partial charge is 0.478 e. The summed E-state index contributed by atoms with van der Waals surface area (Å²) in [7, 11) is 0. The van der Waals surface area contributed by atoms with Crippen molar-refractivity contribution in [2.45, 2.75) is 32.0 Å². The van der Waals surface area contributed by atoms with Crippen molar-refractivity contribution in [3.63, 3.8) is 0 Å². The molecule has 3 aliphatic rings. The number of carboxylic acid groups (broad SMARTS) is 1. The third-order valence-corrected chi connectivity index (χ3v) is 9.37. The zero-order valence-electron chi connectivity index (χ0n) is 24.6. The minimum Gasteiger partial charge on any atom is -0.478 e. The van der Waals surface area contributed by atoms with Gasteiger partial charge in [0, 0.05) is 61.5 Å². The Kier molecular flexibility index (Phi) is 8.23. The minimum atomic E-state index is -2.07. The van der Waals surface area contributed by atoms with Crippen molar-refractivity contribution >= 4 is 40.7 Å². The number of benzene rings is 2. The molecule has 0 saturated carbocycles. The van der Waals surface area contributed by atoms with Crippen LogP contribution in [0.2, 0.25) is 0 Å². The van der Waals surface area contributed by atoms with Crippen molar-refractivity contribution in [1.82, 2.24) is 15.2 Å². The first kappa shape index (κ1) is 30.5. The summed E-state index contributed by atoms with van der Waals surface area (Å²) in [5.41, 5.74) is 0.00983. The molecule has 45 heavy (non-hydrogen) atoms. The van der Waals surface area contributed by atoms with Gasteiger partial charge >= 0.3 is 11.9 Å². The van der Waals surface area contributed by atoms with Crippen LogP contribution in [0.4, 0.5) is 14.5 Å². The summed E-state index contributed by atoms with van der Waals surface area (Å²) in [6, 6.07) is 9.58. The lowest BCUT2D eigenvalue weighted by Crippen LogP contribution is -2.52. The third-order valence-electron chi connectivity index (χ3n) is 8.59. The molecule has 1 amide bonds. The van der Waals surface area contributed by atoms with Crippen molar-refractivity contribution in [3.05, 3.63) is 92.8 Å². The number of carbonyl (C=O) groups excluding carboxylic acids is 2. The number of aromatic nitrogens is 1. The number of hydrogen-bond donors (Lipinski definition) is 2. The SMILES string of the molecule is CCOC(=O)C1=C(CN2CC[C@@]3(F)C(=O)N(c4ccc(C(=O)O)cc4)C[C@H]3C2)NC(c2nccs2)=N[C@H]1c1cccc(F)c1C. The average Bonchev–Trinajstić information content (AvgIpc) is 3.65. The molecule has 2 fully saturated rings. The number of halogens is 2. The Bertz CT molecular complexity index is 1710. The number of alkyl halides is 1. The molecule has 0 aliphatic carbocycles. The van der Waals surface area contributed by atoms with Crippen molar-refractivity contribution in [1.29, 1.82) is 0 Å². The number of anilines is 1. The molecule has 1 aromatic heterocycles. The summed E-state index contributed by atoms with van der Waals surface area (Å²) in [6.07, 6.45) is 1.59. The first-order valence-electron chi connectivity index (χ1n) is 14.6. The Morgan fingerprint density at radius 3 is 2.67 bits per heavy atom. The normalized spacial score (nSPS) is 23.4. The first-order chi connectivity index (χ1) is 21.6. The predicted molar refractivity (Wildman–Crippen MR) is 163 cm³/mol. The van der Waals surface area contributed by atoms with E-state index in [-0.39, 0.29) is 50.3 Å². The van der Waals surface area contributed by atoms with Gasteiger partial charge in [-0.1, -0.05) is 12.1 Å². The Hall–Kier alpha value is -4.49. The van der Waals surface area contributed by atoms with Crippen LogP contribution in [-0.2, 0) is 14.3 Å². The van der Waals surface area contributed by atoms with E-state index in [1.165, 1.54) is 46.6 Å². The van der Waals surface area contributed by atoms with Gasteiger partial charge in [-0.3, -0.25) is 14.7 Å². The number of ether oxygens (including phenoxy) is 1. The van der Waals surface area contributed by atoms with Crippen LogP contribution in [0.1, 0.15) is 45.9 Å². The smallest absolute Gasteiger partial charge is 0.338 e. The maximum absolute atomic E-state index is 16.3. The molecule has 3 atom stereocenters. The fourth-order valence-electron chi connectivity index (χ4n) is 6.22. The molecule has 3 aliphatic heterocycles. The van der Waals surface area contributed by atoms with Gasteiger partial charge in [-0.25, -0.2) is 23.4 Å². The number of fused-ring (bicyclic) bond motifs is 1. The van der Waals surface area contributed by atoms with Crippen LogP contribution in [0.3, 0.4) is 0 Å². The van der Waals surface area contributed by atoms with Crippen LogP contribution in [-0.4, -0.2) is 77.1 Å². The molecule has 13 heteroatoms. The van der Waals surface area contributed by atoms with Crippen molar-refractivity contribution < 1.29 is 33.0 Å². The number of piperidine rings is 1. The van der Waals surface area contributed by atoms with Gasteiger partial charge in [0.05, 0.1) is 17.7 Å². The number of amides is 1. The molecule has 0 bridgehead atoms. The van der Waals surface area contributed by atoms with Gasteiger partial charge in [-0.2, -0.15) is 0 Å². The molecule has 234 valence electrons. The highest BCUT2D eigenvalue weighted by Crippen LogP contribution is 2.42. The number of rotatable bonds is 8. The summed E-state index contributed by atoms with van der Waals surface area (Å²) in [5.74, 6) is -3.00. The Balaban J connectivity index is 1.32. The molecule has 6 rings (SSSR count). The number of amidine groups is 1. The lowest BCUT2D eigenvalue weighted by molar-refractivity contribution is -0.139. The van der Waals surface area contributed by atoms with E-state index in [1.54, 1.807) is 37.6 Å². The third kappa shape index (κ3) is 5.61. The number of aliphatic imine (C=N–C) groups is 1. The molecular formula is C32H31F2N5O5S. The van der Waals surface area contributed by atoms with Gasteiger partial charge in [-0.15, -0.1) is 11.3 Å². The molecule has 2 aromatic carbocycles. The molecule has 4 heterocycles. The summed E-state index contributed by atoms with van der Waals surface area (Å²) in [5, 5.41) is 14.9. The van der Waals surface area contributed by atoms with Crippen molar-refractivity contribution in [3.8, 4) is 0 Å². The zero-order chi connectivity index (χ0) is 31.9. The van der Waals surface area contributed by atoms with Crippen molar-refractivity contribution in [2.24, 2.45) is 10.9 Å². The lowest BCUT2D eigenvalue weighted by Gasteiger charge is -2.38. The van der Waals surface area contributed by atoms with E-state index in [0.29, 0.717) is 33.4 Å². The van der Waals surface area contributed by atoms with Gasteiger partial charge in [-0.05, 0) is 55.3 Å². The number of nitrogens with one attached hydrogen (secondary N) is 1. The van der Waals surface area contributed by atoms with E-state index < -0.39 is 41.3 Å². The number of thiazole rings is 1. The quantitative estimate of drug-likeness (QED) is 0.352. The number of likely N-dealkylation sites (tertiary alicyclic amines) is 1. The zero-order valence-corrected chi connectivity index (χ0v) is 25.4. The Labute approximate surface area is 262 Å². The summed E-state index contributed by atoms with van der Waals surface area (Å²) in [4.78, 5) is 50.6. The second-order valence-corrected chi connectivity index (χ2v) is 12.1. The van der Waals surface area contributed by atoms with E-state index in [1.807, 2.05) is 4.90 Å². The highest BCUT2D eigenvalue weighted by Gasteiger charge is 2.57. The molecule has 0 spiro atoms. The second kappa shape index (κ2) is 12.1. The Morgan fingerprint density at radius 2 is 1.98 bits per heavy atom. The molecule has 3 aromatic rings. The molecule has 2 saturated heterocycles. The van der Waals surface area contributed by atoms with Crippen LogP contribution in [0.15, 0.2) is 70.3 Å². The number of carboxylic acids is 1. The van der Waals surface area contributed by atoms with Crippen LogP contribution in [0.25, 0.3) is 0 Å². The summed E-state index contributed by atoms with van der Waals surface area (Å²) in [6.45, 7) is 4.22. The molecule has 10 nitrogen and oxygen atoms in total. The Morgan fingerprint density at radius 1 is 1.20 bits per heavy atom. The number of esters is 1. The fraction of sp³-hybridized carbons (Fsp3) is 0.344. The predicted octanol–water partition coefficient (Wildman–Crippen LogP) is 4.27. The van der Waals surface area contributed by atoms with Crippen LogP contribution < -0.4 is 10.2 Å². The average molecular weight is 636 g/mol. The van der Waals surface area contributed by atoms with E-state index >= 15 is 4.39 Å². The molecule has 0 radical (unpaired) electrons. The topological polar surface area (TPSA) is 124 Å². The van der Waals surface area contributed by atoms with Gasteiger partial charge in [0.25, 0.3) is 5.91 Å². The second-order valence-electron chi connectivity index (χ2n) is 11.2. The number of nitrogens with zero attached hydrogens (tertiary/aromatic N) is 4. The number of hydrogen-bond acceptors (Lipinski definition) is 9. The number of aromatic carboxylic acids is 1. The molecular weight excluding hydrogens is 604 g/mol. The van der Waals surface area contributed by atoms with Crippen LogP contribution in [0.5, 0.6) is 0 Å². The monoisotopic (exact) mass is 635 g/mol. The summed E-state index contributed by atoms with van der Waals surface area (Å²) < 4.78 is 36.5. The maximum Gasteiger partial charge on any atom is 0.338 e. The van der Waals surface area contributed by atoms with Crippen LogP contribution >= 0.6 is 11.3 Å². The van der Waals surface area contributed by atoms with E-state index in [4.69, 9.17) is 9.73 Å². The minimum absolute atomic E-state index is 0.0535. The van der Waals surface area contributed by atoms with Gasteiger partial charge < -0.3 is 20.1 Å². The van der Waals surface area contributed by atoms with Crippen LogP contribution in [0, 0.1) is 18.7 Å². The van der Waals surface area contributed by atoms with E-state index in [2.05, 4.69) is 10.3 Å². The van der Waals surface area contributed by atoms with Gasteiger partial charge in [0.1, 0.15) is 11.9 Å². The van der Waals surface area contributed by atoms with E-state index in [0.717, 1.165) is 0 Å². The van der Waals surface area contributed by atoms with Gasteiger partial charge in [0.2, 0.25) is 0 Å². The summed E-state index contributed by atoms with van der Waals surface area (Å²) >= 11 is 1.36. The standard InChI is InChI=1S/C32H31F2N5O5S/c1-3-44-30(42)25-24(36-27(28-35-12-14-45-28)37-26(25)22-5-4-6-23(33)18(22)2)17-38-13-11-32(34)20(15-38)16-39(31(32)43)21-9-7-19(8-10-21)29(40)41/h4-10,12,14,20,26H,3,11,13,15-17H2,1-2H3,(H,36,37)(H,40,41)/t20-,26+,32+/m1/s1. The first-order valence-corrected chi connectivity index (χ1v) is 15.4. The van der Waals surface area contributed by atoms with E-state index in [9.17, 15) is 23.9 Å². The highest BCUT2D eigenvalue weighted by atomic mass is 32.1. The van der Waals surface area contributed by atoms with Gasteiger partial charge in [0.15, 0.2) is 16.5 Å². The number of carbonyl (C=O) groups is 3. The maximum atomic E-state index is 16.3. The lowest BCUT2D eigenvalue weighted by atomic mass is 9.84. The van der Waals surface area contributed by atoms with Crippen molar-refractivity contribution in [2.75, 3.05) is 37.7 Å². The fourth-order valence-corrected chi connectivity index (χ4v) is 6.81. The molecule has 2 N–H and O–H groups in total. The molecule has 0 unspecified atom stereocenters. The highest BCUT2D eigenvalue weighted by molar-refractivity contribution is 7.11.